The molecule has 2 aromatic rings. The third kappa shape index (κ3) is 3.31. The Balaban J connectivity index is 0.00000176. The molecule has 4 nitrogen and oxygen atoms in total. The van der Waals surface area contributed by atoms with E-state index in [-0.39, 0.29) is 24.1 Å². The number of aromatic nitrogens is 2. The van der Waals surface area contributed by atoms with Crippen molar-refractivity contribution in [3.63, 3.8) is 0 Å². The van der Waals surface area contributed by atoms with Crippen molar-refractivity contribution in [1.82, 2.24) is 10.1 Å². The Morgan fingerprint density at radius 3 is 2.68 bits per heavy atom. The molecule has 0 aliphatic heterocycles. The lowest BCUT2D eigenvalue weighted by molar-refractivity contribution is 0.336. The fourth-order valence-electron chi connectivity index (χ4n) is 2.95. The van der Waals surface area contributed by atoms with Crippen LogP contribution < -0.4 is 5.73 Å². The monoisotopic (exact) mass is 325 g/mol. The van der Waals surface area contributed by atoms with Crippen LogP contribution >= 0.6 is 12.4 Å². The third-order valence-electron chi connectivity index (χ3n) is 4.29. The molecule has 1 heterocycles. The van der Waals surface area contributed by atoms with E-state index in [0.29, 0.717) is 23.7 Å². The smallest absolute Gasteiger partial charge is 0.229 e. The molecule has 1 unspecified atom stereocenters. The molecule has 6 heteroatoms. The van der Waals surface area contributed by atoms with Gasteiger partial charge in [0.15, 0.2) is 5.82 Å². The van der Waals surface area contributed by atoms with Gasteiger partial charge in [0.05, 0.1) is 5.54 Å². The molecule has 1 aliphatic carbocycles. The van der Waals surface area contributed by atoms with Crippen LogP contribution in [0, 0.1) is 5.82 Å². The van der Waals surface area contributed by atoms with Crippen molar-refractivity contribution in [2.45, 2.75) is 50.5 Å². The first-order chi connectivity index (χ1) is 10.1. The summed E-state index contributed by atoms with van der Waals surface area (Å²) in [5.41, 5.74) is 6.54. The lowest BCUT2D eigenvalue weighted by atomic mass is 9.98. The van der Waals surface area contributed by atoms with E-state index in [0.717, 1.165) is 25.7 Å². The zero-order valence-electron chi connectivity index (χ0n) is 12.6. The SMILES string of the molecule is CC(Cc1ccccc1F)c1nc(C2(N)CCCC2)no1.Cl. The molecule has 1 atom stereocenters. The molecule has 3 rings (SSSR count). The van der Waals surface area contributed by atoms with Gasteiger partial charge in [-0.3, -0.25) is 0 Å². The zero-order chi connectivity index (χ0) is 14.9. The average Bonchev–Trinajstić information content (AvgIpc) is 3.11. The molecule has 1 fully saturated rings. The second-order valence-electron chi connectivity index (χ2n) is 6.02. The Kier molecular flexibility index (Phi) is 5.19. The van der Waals surface area contributed by atoms with Crippen molar-refractivity contribution in [1.29, 1.82) is 0 Å². The molecule has 1 saturated carbocycles. The molecule has 0 bridgehead atoms. The molecule has 22 heavy (non-hydrogen) atoms. The maximum absolute atomic E-state index is 13.7. The van der Waals surface area contributed by atoms with Crippen molar-refractivity contribution >= 4 is 12.4 Å². The van der Waals surface area contributed by atoms with Crippen molar-refractivity contribution in [3.8, 4) is 0 Å². The molecular weight excluding hydrogens is 305 g/mol. The number of halogens is 2. The second kappa shape index (κ2) is 6.75. The third-order valence-corrected chi connectivity index (χ3v) is 4.29. The predicted molar refractivity (Wildman–Crippen MR) is 84.4 cm³/mol. The van der Waals surface area contributed by atoms with Crippen LogP contribution in [0.3, 0.4) is 0 Å². The number of hydrogen-bond acceptors (Lipinski definition) is 4. The minimum atomic E-state index is -0.445. The van der Waals surface area contributed by atoms with Crippen molar-refractivity contribution < 1.29 is 8.91 Å². The summed E-state index contributed by atoms with van der Waals surface area (Å²) in [6.45, 7) is 1.96. The van der Waals surface area contributed by atoms with Crippen LogP contribution in [0.4, 0.5) is 4.39 Å². The van der Waals surface area contributed by atoms with Crippen molar-refractivity contribution in [3.05, 3.63) is 47.4 Å². The Hall–Kier alpha value is -1.46. The fourth-order valence-corrected chi connectivity index (χ4v) is 2.95. The standard InChI is InChI=1S/C16H20FN3O.ClH/c1-11(10-12-6-2-3-7-13(12)17)14-19-15(20-21-14)16(18)8-4-5-9-16;/h2-3,6-7,11H,4-5,8-10,18H2,1H3;1H. The van der Waals surface area contributed by atoms with E-state index in [2.05, 4.69) is 10.1 Å². The van der Waals surface area contributed by atoms with Gasteiger partial charge in [-0.1, -0.05) is 43.1 Å². The number of hydrogen-bond donors (Lipinski definition) is 1. The van der Waals surface area contributed by atoms with E-state index in [4.69, 9.17) is 10.3 Å². The summed E-state index contributed by atoms with van der Waals surface area (Å²) in [5.74, 6) is 0.892. The Morgan fingerprint density at radius 2 is 2.00 bits per heavy atom. The molecule has 0 spiro atoms. The predicted octanol–water partition coefficient (Wildman–Crippen LogP) is 3.70. The molecule has 0 saturated heterocycles. The molecule has 0 radical (unpaired) electrons. The molecule has 0 amide bonds. The van der Waals surface area contributed by atoms with Crippen molar-refractivity contribution in [2.24, 2.45) is 5.73 Å². The highest BCUT2D eigenvalue weighted by atomic mass is 35.5. The molecule has 1 aliphatic rings. The van der Waals surface area contributed by atoms with Crippen LogP contribution in [0.15, 0.2) is 28.8 Å². The second-order valence-corrected chi connectivity index (χ2v) is 6.02. The highest BCUT2D eigenvalue weighted by Gasteiger charge is 2.36. The molecule has 120 valence electrons. The summed E-state index contributed by atoms with van der Waals surface area (Å²) in [4.78, 5) is 4.46. The first-order valence-electron chi connectivity index (χ1n) is 7.45. The summed E-state index contributed by atoms with van der Waals surface area (Å²) in [6.07, 6.45) is 4.53. The zero-order valence-corrected chi connectivity index (χ0v) is 13.4. The molecule has 1 aromatic heterocycles. The largest absolute Gasteiger partial charge is 0.339 e. The average molecular weight is 326 g/mol. The van der Waals surface area contributed by atoms with Gasteiger partial charge in [0.1, 0.15) is 5.82 Å². The maximum atomic E-state index is 13.7. The summed E-state index contributed by atoms with van der Waals surface area (Å²) in [5, 5.41) is 4.05. The molecule has 1 aromatic carbocycles. The first kappa shape index (κ1) is 16.9. The van der Waals surface area contributed by atoms with Gasteiger partial charge < -0.3 is 10.3 Å². The van der Waals surface area contributed by atoms with E-state index >= 15 is 0 Å². The topological polar surface area (TPSA) is 64.9 Å². The number of nitrogens with two attached hydrogens (primary N) is 1. The van der Waals surface area contributed by atoms with Gasteiger partial charge >= 0.3 is 0 Å². The van der Waals surface area contributed by atoms with Crippen molar-refractivity contribution in [2.75, 3.05) is 0 Å². The van der Waals surface area contributed by atoms with E-state index in [1.807, 2.05) is 13.0 Å². The van der Waals surface area contributed by atoms with Gasteiger partial charge in [-0.05, 0) is 30.9 Å². The summed E-state index contributed by atoms with van der Waals surface area (Å²) >= 11 is 0. The highest BCUT2D eigenvalue weighted by molar-refractivity contribution is 5.85. The van der Waals surface area contributed by atoms with E-state index in [1.165, 1.54) is 6.07 Å². The summed E-state index contributed by atoms with van der Waals surface area (Å²) in [6, 6.07) is 6.77. The van der Waals surface area contributed by atoms with Crippen LogP contribution in [0.1, 0.15) is 55.8 Å². The Bertz CT molecular complexity index is 625. The quantitative estimate of drug-likeness (QED) is 0.930. The van der Waals surface area contributed by atoms with Gasteiger partial charge in [-0.25, -0.2) is 4.39 Å². The minimum absolute atomic E-state index is 0. The van der Waals surface area contributed by atoms with Gasteiger partial charge in [-0.15, -0.1) is 12.4 Å². The normalized spacial score (nSPS) is 18.0. The van der Waals surface area contributed by atoms with Crippen LogP contribution in [0.25, 0.3) is 0 Å². The Labute approximate surface area is 135 Å². The van der Waals surface area contributed by atoms with Gasteiger partial charge in [0.25, 0.3) is 0 Å². The van der Waals surface area contributed by atoms with Gasteiger partial charge in [-0.2, -0.15) is 4.98 Å². The van der Waals surface area contributed by atoms with Crippen LogP contribution in [-0.2, 0) is 12.0 Å². The maximum Gasteiger partial charge on any atom is 0.229 e. The van der Waals surface area contributed by atoms with E-state index in [9.17, 15) is 4.39 Å². The van der Waals surface area contributed by atoms with Crippen LogP contribution in [0.2, 0.25) is 0 Å². The lowest BCUT2D eigenvalue weighted by Crippen LogP contribution is -2.34. The molecule has 2 N–H and O–H groups in total. The fraction of sp³-hybridized carbons (Fsp3) is 0.500. The van der Waals surface area contributed by atoms with Crippen LogP contribution in [0.5, 0.6) is 0 Å². The summed E-state index contributed by atoms with van der Waals surface area (Å²) in [7, 11) is 0. The summed E-state index contributed by atoms with van der Waals surface area (Å²) < 4.78 is 19.0. The number of rotatable bonds is 4. The highest BCUT2D eigenvalue weighted by Crippen LogP contribution is 2.35. The Morgan fingerprint density at radius 1 is 1.32 bits per heavy atom. The first-order valence-corrected chi connectivity index (χ1v) is 7.45. The van der Waals surface area contributed by atoms with E-state index in [1.54, 1.807) is 12.1 Å². The lowest BCUT2D eigenvalue weighted by Gasteiger charge is -2.17. The van der Waals surface area contributed by atoms with Gasteiger partial charge in [0, 0.05) is 5.92 Å². The van der Waals surface area contributed by atoms with Gasteiger partial charge in [0.2, 0.25) is 5.89 Å². The van der Waals surface area contributed by atoms with Crippen LogP contribution in [-0.4, -0.2) is 10.1 Å². The van der Waals surface area contributed by atoms with E-state index < -0.39 is 5.54 Å². The minimum Gasteiger partial charge on any atom is -0.339 e. The number of benzene rings is 1. The number of nitrogens with zero attached hydrogens (tertiary/aromatic N) is 2. The molecular formula is C16H21ClFN3O.